The van der Waals surface area contributed by atoms with Crippen LogP contribution >= 0.6 is 23.1 Å². The summed E-state index contributed by atoms with van der Waals surface area (Å²) in [5.74, 6) is 0.203. The Hall–Kier alpha value is -4.30. The molecule has 1 fully saturated rings. The Morgan fingerprint density at radius 2 is 1.72 bits per heavy atom. The fraction of sp³-hybridized carbons (Fsp3) is 0.207. The number of anilines is 1. The number of hydrogen-bond donors (Lipinski definition) is 0. The first-order valence-corrected chi connectivity index (χ1v) is 15.0. The van der Waals surface area contributed by atoms with E-state index in [1.54, 1.807) is 63.6 Å². The minimum atomic E-state index is -4.51. The van der Waals surface area contributed by atoms with Crippen LogP contribution < -0.4 is 4.90 Å². The Morgan fingerprint density at radius 1 is 0.953 bits per heavy atom. The van der Waals surface area contributed by atoms with Crippen molar-refractivity contribution in [3.8, 4) is 17.1 Å². The molecule has 0 aliphatic carbocycles. The van der Waals surface area contributed by atoms with Crippen molar-refractivity contribution in [1.29, 1.82) is 0 Å². The Morgan fingerprint density at radius 3 is 2.47 bits per heavy atom. The fourth-order valence-corrected chi connectivity index (χ4v) is 6.47. The van der Waals surface area contributed by atoms with Crippen molar-refractivity contribution in [3.63, 3.8) is 0 Å². The van der Waals surface area contributed by atoms with Gasteiger partial charge in [-0.05, 0) is 42.5 Å². The zero-order valence-corrected chi connectivity index (χ0v) is 24.0. The topological polar surface area (TPSA) is 80.0 Å². The van der Waals surface area contributed by atoms with Gasteiger partial charge in [-0.3, -0.25) is 14.3 Å². The number of carbonyl (C=O) groups excluding carboxylic acids is 1. The van der Waals surface area contributed by atoms with Gasteiger partial charge in [0.2, 0.25) is 0 Å². The maximum Gasteiger partial charge on any atom is 0.416 e. The first-order valence-electron chi connectivity index (χ1n) is 13.2. The van der Waals surface area contributed by atoms with Crippen LogP contribution in [0, 0.1) is 5.82 Å². The number of rotatable bonds is 7. The molecule has 14 heteroatoms. The SMILES string of the molecule is O=C(c1csc(CSc2nnc(-c3ccncc3)n2-c2cccc(C(F)(F)F)c2)n1)N1CCN(c2ccccc2F)CC1. The van der Waals surface area contributed by atoms with Gasteiger partial charge in [0.05, 0.1) is 22.7 Å². The molecular formula is C29H23F4N7OS2. The van der Waals surface area contributed by atoms with E-state index >= 15 is 0 Å². The first-order chi connectivity index (χ1) is 20.8. The molecule has 0 spiro atoms. The highest BCUT2D eigenvalue weighted by atomic mass is 32.2. The second-order valence-corrected chi connectivity index (χ2v) is 11.5. The van der Waals surface area contributed by atoms with Gasteiger partial charge in [-0.25, -0.2) is 9.37 Å². The quantitative estimate of drug-likeness (QED) is 0.158. The maximum absolute atomic E-state index is 14.2. The number of nitrogens with zero attached hydrogens (tertiary/aromatic N) is 7. The lowest BCUT2D eigenvalue weighted by Crippen LogP contribution is -2.49. The number of alkyl halides is 3. The lowest BCUT2D eigenvalue weighted by molar-refractivity contribution is -0.137. The lowest BCUT2D eigenvalue weighted by atomic mass is 10.2. The van der Waals surface area contributed by atoms with Gasteiger partial charge in [0.1, 0.15) is 16.5 Å². The van der Waals surface area contributed by atoms with Gasteiger partial charge in [-0.2, -0.15) is 13.2 Å². The van der Waals surface area contributed by atoms with Crippen LogP contribution in [0.15, 0.2) is 83.6 Å². The summed E-state index contributed by atoms with van der Waals surface area (Å²) >= 11 is 2.57. The van der Waals surface area contributed by atoms with Crippen LogP contribution in [0.2, 0.25) is 0 Å². The van der Waals surface area contributed by atoms with Crippen molar-refractivity contribution in [1.82, 2.24) is 29.6 Å². The van der Waals surface area contributed by atoms with Gasteiger partial charge in [-0.1, -0.05) is 30.0 Å². The van der Waals surface area contributed by atoms with E-state index in [0.717, 1.165) is 12.1 Å². The fourth-order valence-electron chi connectivity index (χ4n) is 4.73. The Bertz CT molecular complexity index is 1730. The van der Waals surface area contributed by atoms with Crippen LogP contribution in [-0.4, -0.2) is 61.7 Å². The minimum absolute atomic E-state index is 0.201. The third-order valence-electron chi connectivity index (χ3n) is 6.86. The van der Waals surface area contributed by atoms with E-state index in [2.05, 4.69) is 20.2 Å². The van der Waals surface area contributed by atoms with E-state index < -0.39 is 11.7 Å². The second-order valence-electron chi connectivity index (χ2n) is 9.57. The minimum Gasteiger partial charge on any atom is -0.366 e. The summed E-state index contributed by atoms with van der Waals surface area (Å²) in [6, 6.07) is 15.0. The molecule has 43 heavy (non-hydrogen) atoms. The molecule has 4 heterocycles. The molecule has 0 atom stereocenters. The number of thiazole rings is 1. The summed E-state index contributed by atoms with van der Waals surface area (Å²) in [7, 11) is 0. The molecular weight excluding hydrogens is 602 g/mol. The van der Waals surface area contributed by atoms with Crippen molar-refractivity contribution >= 4 is 34.7 Å². The van der Waals surface area contributed by atoms with Gasteiger partial charge in [-0.15, -0.1) is 21.5 Å². The molecule has 0 unspecified atom stereocenters. The zero-order valence-electron chi connectivity index (χ0n) is 22.4. The second kappa shape index (κ2) is 12.1. The highest BCUT2D eigenvalue weighted by molar-refractivity contribution is 7.98. The number of para-hydroxylation sites is 1. The lowest BCUT2D eigenvalue weighted by Gasteiger charge is -2.35. The molecule has 1 saturated heterocycles. The first kappa shape index (κ1) is 28.8. The van der Waals surface area contributed by atoms with Gasteiger partial charge >= 0.3 is 6.18 Å². The number of piperazine rings is 1. The Kier molecular flexibility index (Phi) is 8.13. The largest absolute Gasteiger partial charge is 0.416 e. The highest BCUT2D eigenvalue weighted by Gasteiger charge is 2.31. The molecule has 6 rings (SSSR count). The highest BCUT2D eigenvalue weighted by Crippen LogP contribution is 2.34. The molecule has 2 aromatic carbocycles. The molecule has 1 aliphatic rings. The molecule has 0 saturated carbocycles. The molecule has 0 radical (unpaired) electrons. The monoisotopic (exact) mass is 625 g/mol. The van der Waals surface area contributed by atoms with Crippen molar-refractivity contribution in [2.24, 2.45) is 0 Å². The molecule has 1 amide bonds. The van der Waals surface area contributed by atoms with Crippen LogP contribution in [0.25, 0.3) is 17.1 Å². The number of amides is 1. The molecule has 0 N–H and O–H groups in total. The summed E-state index contributed by atoms with van der Waals surface area (Å²) in [6.45, 7) is 1.88. The summed E-state index contributed by atoms with van der Waals surface area (Å²) in [5.41, 5.74) is 0.959. The predicted octanol–water partition coefficient (Wildman–Crippen LogP) is 6.20. The maximum atomic E-state index is 14.2. The number of halogens is 4. The van der Waals surface area contributed by atoms with Gasteiger partial charge in [0.25, 0.3) is 5.91 Å². The number of pyridine rings is 1. The average Bonchev–Trinajstić information content (AvgIpc) is 3.68. The van der Waals surface area contributed by atoms with E-state index in [-0.39, 0.29) is 17.4 Å². The van der Waals surface area contributed by atoms with E-state index in [1.165, 1.54) is 35.2 Å². The van der Waals surface area contributed by atoms with Crippen molar-refractivity contribution in [2.45, 2.75) is 17.1 Å². The number of carbonyl (C=O) groups is 1. The standard InChI is InChI=1S/C29H23F4N7OS2/c30-22-6-1-2-7-24(22)38-12-14-39(15-13-38)27(41)23-17-42-25(35-23)18-43-28-37-36-26(19-8-10-34-11-9-19)40(28)21-5-3-4-20(16-21)29(31,32)33/h1-11,16-17H,12-15,18H2. The zero-order chi connectivity index (χ0) is 30.0. The normalized spacial score (nSPS) is 13.9. The predicted molar refractivity (Wildman–Crippen MR) is 156 cm³/mol. The molecule has 5 aromatic rings. The van der Waals surface area contributed by atoms with Gasteiger partial charge in [0, 0.05) is 49.5 Å². The van der Waals surface area contributed by atoms with Crippen LogP contribution in [-0.2, 0) is 11.9 Å². The Balaban J connectivity index is 1.17. The third-order valence-corrected chi connectivity index (χ3v) is 8.83. The summed E-state index contributed by atoms with van der Waals surface area (Å²) in [4.78, 5) is 25.3. The molecule has 3 aromatic heterocycles. The average molecular weight is 626 g/mol. The van der Waals surface area contributed by atoms with E-state index in [0.29, 0.717) is 64.9 Å². The third kappa shape index (κ3) is 6.25. The smallest absolute Gasteiger partial charge is 0.366 e. The summed E-state index contributed by atoms with van der Waals surface area (Å²) in [6.07, 6.45) is -1.37. The Labute approximate surface area is 252 Å². The molecule has 1 aliphatic heterocycles. The summed E-state index contributed by atoms with van der Waals surface area (Å²) < 4.78 is 56.3. The number of aromatic nitrogens is 5. The van der Waals surface area contributed by atoms with Crippen molar-refractivity contribution in [3.05, 3.63) is 101 Å². The molecule has 8 nitrogen and oxygen atoms in total. The van der Waals surface area contributed by atoms with Crippen molar-refractivity contribution in [2.75, 3.05) is 31.1 Å². The number of thioether (sulfide) groups is 1. The molecule has 220 valence electrons. The molecule has 0 bridgehead atoms. The number of hydrogen-bond acceptors (Lipinski definition) is 8. The van der Waals surface area contributed by atoms with Gasteiger partial charge in [0.15, 0.2) is 11.0 Å². The van der Waals surface area contributed by atoms with Crippen LogP contribution in [0.1, 0.15) is 21.1 Å². The van der Waals surface area contributed by atoms with Crippen LogP contribution in [0.3, 0.4) is 0 Å². The van der Waals surface area contributed by atoms with E-state index in [4.69, 9.17) is 0 Å². The van der Waals surface area contributed by atoms with Gasteiger partial charge < -0.3 is 9.80 Å². The summed E-state index contributed by atoms with van der Waals surface area (Å²) in [5, 5.41) is 11.3. The van der Waals surface area contributed by atoms with Crippen molar-refractivity contribution < 1.29 is 22.4 Å². The van der Waals surface area contributed by atoms with Crippen LogP contribution in [0.4, 0.5) is 23.2 Å². The number of benzene rings is 2. The van der Waals surface area contributed by atoms with E-state index in [9.17, 15) is 22.4 Å². The van der Waals surface area contributed by atoms with Crippen LogP contribution in [0.5, 0.6) is 0 Å². The van der Waals surface area contributed by atoms with E-state index in [1.807, 2.05) is 4.90 Å².